The van der Waals surface area contributed by atoms with Crippen LogP contribution in [0.15, 0.2) is 47.3 Å². The van der Waals surface area contributed by atoms with Crippen LogP contribution in [0.3, 0.4) is 0 Å². The second-order valence-electron chi connectivity index (χ2n) is 8.46. The van der Waals surface area contributed by atoms with Crippen molar-refractivity contribution in [3.05, 3.63) is 67.8 Å². The molecule has 2 aromatic heterocycles. The van der Waals surface area contributed by atoms with Gasteiger partial charge in [-0.15, -0.1) is 11.3 Å². The molecule has 0 amide bonds. The number of alkyl halides is 6. The van der Waals surface area contributed by atoms with Gasteiger partial charge in [0.2, 0.25) is 19.3 Å². The third kappa shape index (κ3) is 7.63. The Hall–Kier alpha value is -1.72. The van der Waals surface area contributed by atoms with E-state index in [2.05, 4.69) is 20.7 Å². The molecular weight excluding hydrogens is 695 g/mol. The minimum absolute atomic E-state index is 0.0267. The third-order valence-electron chi connectivity index (χ3n) is 5.78. The topological polar surface area (TPSA) is 85.5 Å². The van der Waals surface area contributed by atoms with Gasteiger partial charge in [-0.2, -0.15) is 0 Å². The summed E-state index contributed by atoms with van der Waals surface area (Å²) >= 11 is 42.4. The van der Waals surface area contributed by atoms with E-state index in [-0.39, 0.29) is 30.0 Å². The highest BCUT2D eigenvalue weighted by Crippen LogP contribution is 2.41. The van der Waals surface area contributed by atoms with Crippen LogP contribution >= 0.6 is 93.2 Å². The van der Waals surface area contributed by atoms with Crippen LogP contribution in [-0.2, 0) is 18.9 Å². The number of ether oxygens (including phenoxy) is 2. The van der Waals surface area contributed by atoms with E-state index in [0.717, 1.165) is 18.0 Å². The molecule has 16 heteroatoms. The van der Waals surface area contributed by atoms with Crippen LogP contribution in [0.2, 0.25) is 0 Å². The summed E-state index contributed by atoms with van der Waals surface area (Å²) in [6, 6.07) is 6.80. The zero-order valence-electron chi connectivity index (χ0n) is 21.6. The predicted octanol–water partition coefficient (Wildman–Crippen LogP) is 8.63. The van der Waals surface area contributed by atoms with Crippen LogP contribution in [-0.4, -0.2) is 42.7 Å². The van der Waals surface area contributed by atoms with Crippen molar-refractivity contribution in [1.82, 2.24) is 24.4 Å². The van der Waals surface area contributed by atoms with Crippen molar-refractivity contribution in [3.8, 4) is 23.0 Å². The van der Waals surface area contributed by atoms with Gasteiger partial charge in [-0.1, -0.05) is 75.3 Å². The Balaban J connectivity index is 1.45. The average Bonchev–Trinajstić information content (AvgIpc) is 3.34. The van der Waals surface area contributed by atoms with Crippen molar-refractivity contribution >= 4 is 99.2 Å². The molecule has 3 heterocycles. The van der Waals surface area contributed by atoms with Crippen molar-refractivity contribution < 1.29 is 14.6 Å². The Morgan fingerprint density at radius 2 is 1.66 bits per heavy atom. The van der Waals surface area contributed by atoms with Crippen molar-refractivity contribution in [2.24, 2.45) is 0 Å². The van der Waals surface area contributed by atoms with E-state index >= 15 is 0 Å². The molecule has 0 saturated carbocycles. The van der Waals surface area contributed by atoms with Crippen LogP contribution in [0.5, 0.6) is 11.6 Å². The first kappa shape index (κ1) is 32.2. The Morgan fingerprint density at radius 3 is 2.22 bits per heavy atom. The Morgan fingerprint density at radius 1 is 1.05 bits per heavy atom. The number of allylic oxidation sites excluding steroid dienone is 2. The number of hydrogen-bond donors (Lipinski definition) is 1. The molecule has 1 N–H and O–H groups in total. The maximum atomic E-state index is 10.8. The first-order valence-electron chi connectivity index (χ1n) is 11.8. The van der Waals surface area contributed by atoms with Gasteiger partial charge in [0.1, 0.15) is 18.1 Å². The number of hydrogen-bond acceptors (Lipinski definition) is 9. The zero-order chi connectivity index (χ0) is 30.1. The number of thiazole rings is 1. The van der Waals surface area contributed by atoms with E-state index in [1.54, 1.807) is 34.9 Å². The summed E-state index contributed by atoms with van der Waals surface area (Å²) in [4.78, 5) is 14.9. The minimum Gasteiger partial charge on any atom is -0.493 e. The summed E-state index contributed by atoms with van der Waals surface area (Å²) in [7, 11) is 0. The average molecular weight is 716 g/mol. The standard InChI is InChI=1S/C25H21Cl6N5O3S2/c1-4-35-13(2)14(3)39-18(35)10-9-17-20(37)36(23(40)41-17)11-12-38-16-7-5-15(6-8-16)19-32-21(24(26,27)28)34-22(33-19)25(29,30)31/h5-9,37H,4,11-12H2,1-3H3. The highest BCUT2D eigenvalue weighted by molar-refractivity contribution is 7.73. The van der Waals surface area contributed by atoms with Crippen LogP contribution in [0, 0.1) is 3.95 Å². The number of halogens is 6. The quantitative estimate of drug-likeness (QED) is 0.148. The van der Waals surface area contributed by atoms with Gasteiger partial charge < -0.3 is 19.5 Å². The van der Waals surface area contributed by atoms with E-state index in [0.29, 0.717) is 32.6 Å². The summed E-state index contributed by atoms with van der Waals surface area (Å²) in [6.07, 6.45) is 1.67. The third-order valence-corrected chi connectivity index (χ3v) is 8.18. The van der Waals surface area contributed by atoms with Gasteiger partial charge in [-0.25, -0.2) is 15.0 Å². The number of benzene rings is 1. The molecule has 4 rings (SSSR count). The SMILES string of the molecule is CCN1C(=C=Cc2sc(=S)n(CCOc3ccc(-c4nc(C(Cl)(Cl)Cl)nc(C(Cl)(Cl)Cl)n4)cc3)c2O)OC(C)=C1C. The summed E-state index contributed by atoms with van der Waals surface area (Å²) < 4.78 is 9.80. The van der Waals surface area contributed by atoms with Crippen molar-refractivity contribution in [2.75, 3.05) is 13.2 Å². The number of rotatable bonds is 7. The fourth-order valence-electron chi connectivity index (χ4n) is 3.65. The van der Waals surface area contributed by atoms with Crippen molar-refractivity contribution in [2.45, 2.75) is 34.9 Å². The van der Waals surface area contributed by atoms with Gasteiger partial charge in [0.25, 0.3) is 0 Å². The molecule has 0 spiro atoms. The second kappa shape index (κ2) is 12.9. The Labute approximate surface area is 275 Å². The van der Waals surface area contributed by atoms with Gasteiger partial charge in [0.15, 0.2) is 21.4 Å². The first-order valence-corrected chi connectivity index (χ1v) is 15.3. The minimum atomic E-state index is -1.96. The van der Waals surface area contributed by atoms with Gasteiger partial charge in [-0.3, -0.25) is 4.57 Å². The molecule has 218 valence electrons. The Kier molecular flexibility index (Phi) is 10.1. The van der Waals surface area contributed by atoms with Crippen LogP contribution in [0.4, 0.5) is 0 Å². The molecule has 41 heavy (non-hydrogen) atoms. The molecule has 0 unspecified atom stereocenters. The van der Waals surface area contributed by atoms with E-state index in [1.807, 2.05) is 25.7 Å². The summed E-state index contributed by atoms with van der Waals surface area (Å²) in [5.74, 6) is 1.73. The van der Waals surface area contributed by atoms with Crippen molar-refractivity contribution in [1.29, 1.82) is 0 Å². The predicted molar refractivity (Wildman–Crippen MR) is 167 cm³/mol. The number of aromatic hydroxyl groups is 1. The van der Waals surface area contributed by atoms with Gasteiger partial charge >= 0.3 is 0 Å². The van der Waals surface area contributed by atoms with E-state index in [9.17, 15) is 5.11 Å². The highest BCUT2D eigenvalue weighted by Gasteiger charge is 2.34. The van der Waals surface area contributed by atoms with E-state index in [1.165, 1.54) is 11.3 Å². The fraction of sp³-hybridized carbons (Fsp3) is 0.320. The lowest BCUT2D eigenvalue weighted by atomic mass is 10.2. The van der Waals surface area contributed by atoms with Crippen LogP contribution < -0.4 is 4.74 Å². The molecular formula is C25H21Cl6N5O3S2. The molecule has 1 aliphatic heterocycles. The lowest BCUT2D eigenvalue weighted by Gasteiger charge is -2.15. The van der Waals surface area contributed by atoms with Gasteiger partial charge in [-0.05, 0) is 57.3 Å². The highest BCUT2D eigenvalue weighted by atomic mass is 35.6. The molecule has 0 bridgehead atoms. The molecule has 0 aliphatic carbocycles. The lowest BCUT2D eigenvalue weighted by molar-refractivity contribution is 0.254. The van der Waals surface area contributed by atoms with Crippen molar-refractivity contribution in [3.63, 3.8) is 0 Å². The maximum Gasteiger partial charge on any atom is 0.250 e. The molecule has 3 aromatic rings. The summed E-state index contributed by atoms with van der Waals surface area (Å²) in [6.45, 7) is 7.19. The lowest BCUT2D eigenvalue weighted by Crippen LogP contribution is -2.16. The molecule has 0 saturated heterocycles. The molecule has 8 nitrogen and oxygen atoms in total. The van der Waals surface area contributed by atoms with Gasteiger partial charge in [0.05, 0.1) is 17.1 Å². The molecule has 1 aliphatic rings. The monoisotopic (exact) mass is 713 g/mol. The largest absolute Gasteiger partial charge is 0.493 e. The second-order valence-corrected chi connectivity index (χ2v) is 14.7. The maximum absolute atomic E-state index is 10.8. The summed E-state index contributed by atoms with van der Waals surface area (Å²) in [5, 5.41) is 10.8. The molecule has 0 radical (unpaired) electrons. The van der Waals surface area contributed by atoms with E-state index < -0.39 is 7.59 Å². The summed E-state index contributed by atoms with van der Waals surface area (Å²) in [5.41, 5.74) is 4.69. The molecule has 1 aromatic carbocycles. The fourth-order valence-corrected chi connectivity index (χ4v) is 5.40. The van der Waals surface area contributed by atoms with Crippen LogP contribution in [0.1, 0.15) is 37.3 Å². The number of nitrogens with zero attached hydrogens (tertiary/aromatic N) is 5. The molecule has 0 fully saturated rings. The zero-order valence-corrected chi connectivity index (χ0v) is 27.8. The van der Waals surface area contributed by atoms with E-state index in [4.69, 9.17) is 91.3 Å². The first-order chi connectivity index (χ1) is 19.2. The number of aromatic nitrogens is 4. The van der Waals surface area contributed by atoms with Gasteiger partial charge in [0, 0.05) is 18.2 Å². The molecule has 0 atom stereocenters. The normalized spacial score (nSPS) is 13.9. The smallest absolute Gasteiger partial charge is 0.250 e. The Bertz CT molecular complexity index is 1570. The van der Waals surface area contributed by atoms with Crippen LogP contribution in [0.25, 0.3) is 17.5 Å².